The van der Waals surface area contributed by atoms with E-state index in [1.807, 2.05) is 24.3 Å². The summed E-state index contributed by atoms with van der Waals surface area (Å²) in [6, 6.07) is 7.70. The Morgan fingerprint density at radius 3 is 1.48 bits per heavy atom. The minimum Gasteiger partial charge on any atom is -0.744 e. The number of aryl methyl sites for hydroxylation is 1. The zero-order valence-corrected chi connectivity index (χ0v) is 24.4. The van der Waals surface area contributed by atoms with Crippen LogP contribution in [0.3, 0.4) is 0 Å². The summed E-state index contributed by atoms with van der Waals surface area (Å²) in [5, 5.41) is 1.61. The van der Waals surface area contributed by atoms with E-state index in [0.29, 0.717) is 11.8 Å². The Bertz CT molecular complexity index is 938. The van der Waals surface area contributed by atoms with Crippen LogP contribution in [0.25, 0.3) is 10.8 Å². The summed E-state index contributed by atoms with van der Waals surface area (Å²) in [5.41, 5.74) is 3.30. The van der Waals surface area contributed by atoms with Crippen molar-refractivity contribution in [1.29, 1.82) is 0 Å². The van der Waals surface area contributed by atoms with Gasteiger partial charge in [0, 0.05) is 0 Å². The smallest absolute Gasteiger partial charge is 0.744 e. The van der Waals surface area contributed by atoms with E-state index >= 15 is 0 Å². The first-order valence-corrected chi connectivity index (χ1v) is 14.4. The summed E-state index contributed by atoms with van der Waals surface area (Å²) >= 11 is 0. The van der Waals surface area contributed by atoms with Crippen molar-refractivity contribution < 1.29 is 42.5 Å². The van der Waals surface area contributed by atoms with E-state index in [-0.39, 0.29) is 34.5 Å². The maximum Gasteiger partial charge on any atom is 1.00 e. The van der Waals surface area contributed by atoms with E-state index in [1.165, 1.54) is 43.2 Å². The minimum atomic E-state index is -4.56. The van der Waals surface area contributed by atoms with Crippen molar-refractivity contribution in [3.63, 3.8) is 0 Å². The molecule has 33 heavy (non-hydrogen) atoms. The fraction of sp³-hybridized carbons (Fsp3) is 0.643. The molecule has 0 atom stereocenters. The molecular weight excluding hydrogens is 439 g/mol. The number of hydrogen-bond donors (Lipinski definition) is 0. The van der Waals surface area contributed by atoms with Gasteiger partial charge in [0.05, 0.1) is 4.90 Å². The second kappa shape index (κ2) is 16.3. The first-order valence-electron chi connectivity index (χ1n) is 13.0. The van der Waals surface area contributed by atoms with Crippen LogP contribution < -0.4 is 29.6 Å². The van der Waals surface area contributed by atoms with E-state index in [2.05, 4.69) is 20.8 Å². The number of unbranched alkanes of at least 4 members (excludes halogenated alkanes) is 9. The van der Waals surface area contributed by atoms with Gasteiger partial charge in [-0.2, -0.15) is 0 Å². The van der Waals surface area contributed by atoms with Crippen molar-refractivity contribution in [2.45, 2.75) is 122 Å². The van der Waals surface area contributed by atoms with Crippen molar-refractivity contribution in [1.82, 2.24) is 0 Å². The average molecular weight is 483 g/mol. The standard InChI is InChI=1S/C28H44O3S.Na/c1-4-7-10-13-18-23-24(19-14-11-8-5-2)26(21-15-12-9-6-3)28(32(29,30)31)27-22-17-16-20-25(23)27;/h16-17,20,22H,4-15,18-19,21H2,1-3H3,(H,29,30,31);/q;+1/p-1. The molecule has 0 N–H and O–H groups in total. The van der Waals surface area contributed by atoms with Gasteiger partial charge in [-0.15, -0.1) is 0 Å². The summed E-state index contributed by atoms with van der Waals surface area (Å²) < 4.78 is 37.6. The largest absolute Gasteiger partial charge is 1.00 e. The molecule has 0 radical (unpaired) electrons. The fourth-order valence-corrected chi connectivity index (χ4v) is 5.89. The quantitative estimate of drug-likeness (QED) is 0.190. The molecule has 2 rings (SSSR count). The van der Waals surface area contributed by atoms with Gasteiger partial charge in [0.15, 0.2) is 0 Å². The van der Waals surface area contributed by atoms with Crippen LogP contribution in [-0.4, -0.2) is 13.0 Å². The molecule has 0 saturated carbocycles. The number of hydrogen-bond acceptors (Lipinski definition) is 3. The summed E-state index contributed by atoms with van der Waals surface area (Å²) in [6.45, 7) is 6.60. The van der Waals surface area contributed by atoms with Gasteiger partial charge < -0.3 is 4.55 Å². The zero-order valence-electron chi connectivity index (χ0n) is 21.5. The van der Waals surface area contributed by atoms with E-state index in [1.54, 1.807) is 0 Å². The van der Waals surface area contributed by atoms with E-state index < -0.39 is 10.1 Å². The zero-order chi connectivity index (χ0) is 23.4. The molecule has 0 aromatic heterocycles. The second-order valence-electron chi connectivity index (χ2n) is 9.20. The van der Waals surface area contributed by atoms with Gasteiger partial charge in [-0.25, -0.2) is 8.42 Å². The summed E-state index contributed by atoms with van der Waals surface area (Å²) in [7, 11) is -4.56. The molecule has 0 heterocycles. The molecule has 0 aliphatic heterocycles. The van der Waals surface area contributed by atoms with Crippen LogP contribution >= 0.6 is 0 Å². The summed E-state index contributed by atoms with van der Waals surface area (Å²) in [5.74, 6) is 0. The predicted molar refractivity (Wildman–Crippen MR) is 135 cm³/mol. The Balaban J connectivity index is 0.00000544. The predicted octanol–water partition coefficient (Wildman–Crippen LogP) is 5.12. The van der Waals surface area contributed by atoms with Crippen LogP contribution in [0.5, 0.6) is 0 Å². The third-order valence-electron chi connectivity index (χ3n) is 6.59. The van der Waals surface area contributed by atoms with E-state index in [9.17, 15) is 13.0 Å². The van der Waals surface area contributed by atoms with E-state index in [0.717, 1.165) is 68.7 Å². The molecule has 2 aromatic rings. The molecule has 0 fully saturated rings. The fourth-order valence-electron chi connectivity index (χ4n) is 4.91. The van der Waals surface area contributed by atoms with Gasteiger partial charge in [0.25, 0.3) is 0 Å². The van der Waals surface area contributed by atoms with Gasteiger partial charge in [-0.1, -0.05) is 103 Å². The third-order valence-corrected chi connectivity index (χ3v) is 7.56. The van der Waals surface area contributed by atoms with Crippen LogP contribution in [0.4, 0.5) is 0 Å². The number of rotatable bonds is 16. The van der Waals surface area contributed by atoms with Crippen LogP contribution in [0, 0.1) is 0 Å². The van der Waals surface area contributed by atoms with Gasteiger partial charge in [-0.3, -0.25) is 0 Å². The van der Waals surface area contributed by atoms with Crippen molar-refractivity contribution in [3.05, 3.63) is 41.0 Å². The molecule has 0 aliphatic rings. The molecule has 0 spiro atoms. The monoisotopic (exact) mass is 482 g/mol. The average Bonchev–Trinajstić information content (AvgIpc) is 2.76. The van der Waals surface area contributed by atoms with Crippen LogP contribution in [0.1, 0.15) is 115 Å². The van der Waals surface area contributed by atoms with Crippen molar-refractivity contribution in [2.24, 2.45) is 0 Å². The topological polar surface area (TPSA) is 57.2 Å². The van der Waals surface area contributed by atoms with Crippen molar-refractivity contribution in [3.8, 4) is 0 Å². The molecule has 3 nitrogen and oxygen atoms in total. The maximum atomic E-state index is 12.5. The molecule has 0 bridgehead atoms. The molecule has 180 valence electrons. The normalized spacial score (nSPS) is 11.6. The summed E-state index contributed by atoms with van der Waals surface area (Å²) in [4.78, 5) is 0.0624. The Kier molecular flexibility index (Phi) is 15.1. The van der Waals surface area contributed by atoms with Crippen molar-refractivity contribution in [2.75, 3.05) is 0 Å². The molecule has 0 aliphatic carbocycles. The van der Waals surface area contributed by atoms with Crippen molar-refractivity contribution >= 4 is 20.9 Å². The maximum absolute atomic E-state index is 12.5. The van der Waals surface area contributed by atoms with Crippen LogP contribution in [0.15, 0.2) is 29.2 Å². The molecule has 2 aromatic carbocycles. The first kappa shape index (κ1) is 30.6. The molecule has 5 heteroatoms. The van der Waals surface area contributed by atoms with Gasteiger partial charge in [0.1, 0.15) is 10.1 Å². The Hall–Kier alpha value is -0.390. The third kappa shape index (κ3) is 9.29. The minimum absolute atomic E-state index is 0. The van der Waals surface area contributed by atoms with Gasteiger partial charge in [0.2, 0.25) is 0 Å². The SMILES string of the molecule is CCCCCCc1c(CCCCCC)c(S(=O)(=O)[O-])c2ccccc2c1CCCCCC.[Na+]. The van der Waals surface area contributed by atoms with Gasteiger partial charge >= 0.3 is 29.6 Å². The molecular formula is C28H43NaO3S. The number of fused-ring (bicyclic) bond motifs is 1. The van der Waals surface area contributed by atoms with Crippen LogP contribution in [-0.2, 0) is 29.4 Å². The first-order chi connectivity index (χ1) is 15.5. The Labute approximate surface area is 225 Å². The molecule has 0 amide bonds. The number of benzene rings is 2. The van der Waals surface area contributed by atoms with E-state index in [4.69, 9.17) is 0 Å². The Morgan fingerprint density at radius 2 is 1.03 bits per heavy atom. The summed E-state index contributed by atoms with van der Waals surface area (Å²) in [6.07, 6.45) is 16.1. The second-order valence-corrected chi connectivity index (χ2v) is 10.5. The molecule has 0 unspecified atom stereocenters. The van der Waals surface area contributed by atoms with Crippen LogP contribution in [0.2, 0.25) is 0 Å². The molecule has 0 saturated heterocycles. The van der Waals surface area contributed by atoms with Gasteiger partial charge in [-0.05, 0) is 66.0 Å². The Morgan fingerprint density at radius 1 is 0.606 bits per heavy atom.